The molecule has 0 bridgehead atoms. The molecule has 7 rings (SSSR count). The van der Waals surface area contributed by atoms with Gasteiger partial charge in [-0.3, -0.25) is 30.3 Å². The van der Waals surface area contributed by atoms with Crippen molar-refractivity contribution < 1.29 is 140 Å². The summed E-state index contributed by atoms with van der Waals surface area (Å²) in [5.41, 5.74) is 23.4. The Kier molecular flexibility index (Phi) is 57.3. The number of nitrogens with one attached hydrogen (secondary N) is 9. The summed E-state index contributed by atoms with van der Waals surface area (Å²) in [6.07, 6.45) is 4.17. The molecular weight excluding hydrogens is 1730 g/mol. The number of methoxy groups -OCH3 is 2. The van der Waals surface area contributed by atoms with E-state index in [9.17, 15) is 76.8 Å². The summed E-state index contributed by atoms with van der Waals surface area (Å²) in [7, 11) is -10.4. The molecule has 7 aromatic rings. The molecule has 0 aliphatic heterocycles. The topological polar surface area (TPSA) is 619 Å². The number of sulfonamides is 4. The van der Waals surface area contributed by atoms with Gasteiger partial charge in [0.1, 0.15) is 16.8 Å². The molecule has 0 radical (unpaired) electrons. The van der Waals surface area contributed by atoms with E-state index in [2.05, 4.69) is 76.2 Å². The van der Waals surface area contributed by atoms with Crippen LogP contribution in [-0.2, 0) is 130 Å². The second-order valence-corrected chi connectivity index (χ2v) is 34.9. The summed E-state index contributed by atoms with van der Waals surface area (Å²) in [6.45, 7) is 30.7. The molecule has 0 aromatic heterocycles. The number of nitrogens with two attached hydrogens (primary N) is 3. The predicted molar refractivity (Wildman–Crippen MR) is 469 cm³/mol. The number of hydrogen-bond acceptors (Lipinski definition) is 28. The van der Waals surface area contributed by atoms with Crippen molar-refractivity contribution in [3.63, 3.8) is 0 Å². The molecule has 0 unspecified atom stereocenters. The summed E-state index contributed by atoms with van der Waals surface area (Å²) >= 11 is 4.61. The number of hydrogen-bond donors (Lipinski definition) is 14. The number of nitrogen functional groups attached to an aromatic ring is 2. The zero-order valence-electron chi connectivity index (χ0n) is 71.1. The van der Waals surface area contributed by atoms with E-state index in [1.807, 2.05) is 45.0 Å². The Morgan fingerprint density at radius 2 is 0.712 bits per heavy atom. The number of halogens is 1. The van der Waals surface area contributed by atoms with Gasteiger partial charge in [0, 0.05) is 72.5 Å². The van der Waals surface area contributed by atoms with Gasteiger partial charge in [0.25, 0.3) is 0 Å². The van der Waals surface area contributed by atoms with Gasteiger partial charge in [-0.05, 0) is 187 Å². The van der Waals surface area contributed by atoms with Gasteiger partial charge >= 0.3 is 101 Å². The van der Waals surface area contributed by atoms with Crippen LogP contribution in [0, 0.1) is 25.1 Å². The van der Waals surface area contributed by atoms with Crippen molar-refractivity contribution in [2.75, 3.05) is 77.3 Å². The van der Waals surface area contributed by atoms with E-state index in [0.717, 1.165) is 55.9 Å². The number of ether oxygens (including phenoxy) is 5. The van der Waals surface area contributed by atoms with E-state index < -0.39 is 110 Å². The predicted octanol–water partition coefficient (Wildman–Crippen LogP) is 5.98. The smallest absolute Gasteiger partial charge is 0.870 e. The number of aliphatic carboxylic acids is 1. The fourth-order valence-electron chi connectivity index (χ4n) is 7.69. The van der Waals surface area contributed by atoms with Crippen molar-refractivity contribution in [1.29, 1.82) is 0 Å². The van der Waals surface area contributed by atoms with Gasteiger partial charge in [0.2, 0.25) is 40.1 Å². The first-order valence-corrected chi connectivity index (χ1v) is 43.0. The third-order valence-electron chi connectivity index (χ3n) is 12.5. The van der Waals surface area contributed by atoms with Crippen LogP contribution in [0.3, 0.4) is 0 Å². The maximum absolute atomic E-state index is 11.6. The number of aliphatic hydroxyl groups is 1. The van der Waals surface area contributed by atoms with E-state index >= 15 is 0 Å². The molecule has 0 fully saturated rings. The number of carbonyl (C=O) groups excluding carboxylic acids is 8. The van der Waals surface area contributed by atoms with Crippen molar-refractivity contribution >= 4 is 163 Å². The van der Waals surface area contributed by atoms with Crippen LogP contribution in [0.4, 0.5) is 65.6 Å². The molecule has 0 atom stereocenters. The average molecular weight is 1830 g/mol. The Balaban J connectivity index is -0.000000671. The standard InChI is InChI=1S/C13H20N2O4S.C12H14N2O2.C12H18N2O2.C11H14N2O5S.C10H12N2O5S.C8H12N2O2S.C7H6N2.C3H3ClO3.C2HBO2.Li.H2O/c1-13(2,3)19-12(16)15-11-7-5-6-10(8-11)9-14-20(4,17)18;1-12(2,3)16-11(15)14-10-7-5-6-9(8-10)13-4;1-12(2,3)16-11(15)14-10-6-4-5-9(7-10)8-13;1-18-11(15)10(14)13-9-5-3-4-8(6-9)7-12-19(2,16)17;1-18(16,17)11-6-7-3-2-4-8(5-7)12-9(13)10(14)15;1-13(11,12)10-6-7-3-2-4-8(9)5-7;1-9-7-4-2-3-6(8)5-7;1-7-3(6)2(4)5;4-2-1-3-5;;/h5-8,14H,9H2,1-4H3,(H,15,16);5-8H,1-3H3,(H,14,15);4-7H,8,13H2,1-3H3,(H,14,15);3-6,12H,7H2,1-2H3,(H,13,14);2-5,11H,6H2,1H3,(H,12,13)(H,14,15);2-5,10H,6,9H2,1H3;2-5H,8H2;1H3;4H;;1H2/q;;;;;;;;;+1;/p-1. The number of amides is 5. The van der Waals surface area contributed by atoms with Crippen LogP contribution < -0.4 is 81.5 Å². The van der Waals surface area contributed by atoms with Crippen LogP contribution in [0.5, 0.6) is 0 Å². The van der Waals surface area contributed by atoms with Crippen molar-refractivity contribution in [2.45, 2.75) is 112 Å². The Morgan fingerprint density at radius 1 is 0.440 bits per heavy atom. The van der Waals surface area contributed by atoms with Crippen molar-refractivity contribution in [2.24, 2.45) is 5.73 Å². The van der Waals surface area contributed by atoms with Crippen molar-refractivity contribution in [3.8, 4) is 11.9 Å². The van der Waals surface area contributed by atoms with E-state index in [-0.39, 0.29) is 56.2 Å². The molecule has 0 aliphatic carbocycles. The third-order valence-corrected chi connectivity index (χ3v) is 15.3. The van der Waals surface area contributed by atoms with Crippen LogP contribution >= 0.6 is 11.6 Å². The van der Waals surface area contributed by atoms with Gasteiger partial charge in [0.05, 0.1) is 52.4 Å². The van der Waals surface area contributed by atoms with E-state index in [4.69, 9.17) is 59.5 Å². The number of rotatable bonds is 19. The first kappa shape index (κ1) is 119. The number of aliphatic hydroxyl groups excluding tert-OH is 1. The van der Waals surface area contributed by atoms with E-state index in [1.54, 1.807) is 181 Å². The van der Waals surface area contributed by atoms with Gasteiger partial charge in [-0.25, -0.2) is 91.0 Å². The number of carboxylic acids is 1. The summed E-state index contributed by atoms with van der Waals surface area (Å²) in [6, 6.07) is 47.6. The minimum absolute atomic E-state index is 0. The SMILES string of the molecule is CC(C)(C)OC(=O)Nc1cccc(CN)c1.CC(C)(C)OC(=O)Nc1cccc(CNS(C)(=O)=O)c1.COC(=O)C(=O)Cl.COC(=O)C(=O)Nc1cccc(CNS(C)(=O)=O)c1.CS(=O)(=O)NCc1cccc(N)c1.CS(=O)(=O)NCc1cccc(NC(=O)C(=O)O)c1.O=BC#CO.[C-]#[N+]c1cccc(N)c1.[C-]#[N+]c1cccc(NC(=O)OC(C)(C)C)c1.[Li+].[OH-]. The minimum atomic E-state index is -3.30. The van der Waals surface area contributed by atoms with Crippen LogP contribution in [0.2, 0.25) is 0 Å². The van der Waals surface area contributed by atoms with E-state index in [0.29, 0.717) is 70.3 Å². The molecular formula is C78H101BClLiN14O26S4. The molecule has 7 aromatic carbocycles. The molecule has 125 heavy (non-hydrogen) atoms. The Morgan fingerprint density at radius 3 is 0.960 bits per heavy atom. The van der Waals surface area contributed by atoms with Gasteiger partial charge < -0.3 is 62.1 Å². The zero-order valence-corrected chi connectivity index (χ0v) is 75.2. The quantitative estimate of drug-likeness (QED) is 0.00647. The summed E-state index contributed by atoms with van der Waals surface area (Å²) in [5.74, 6) is -3.92. The first-order chi connectivity index (χ1) is 56.8. The second-order valence-electron chi connectivity index (χ2n) is 27.2. The number of esters is 2. The third kappa shape index (κ3) is 67.8. The number of anilines is 7. The molecule has 0 heterocycles. The monoisotopic (exact) mass is 1830 g/mol. The second kappa shape index (κ2) is 60.2. The Labute approximate surface area is 744 Å². The fraction of sp³-hybridized carbons (Fsp3) is 0.295. The van der Waals surface area contributed by atoms with Crippen LogP contribution in [0.15, 0.2) is 170 Å². The summed E-state index contributed by atoms with van der Waals surface area (Å²) < 4.78 is 129. The molecule has 0 aliphatic rings. The van der Waals surface area contributed by atoms with Gasteiger partial charge in [-0.2, -0.15) is 0 Å². The number of carboxylic acid groups (broad SMARTS) is 1. The minimum Gasteiger partial charge on any atom is -0.870 e. The van der Waals surface area contributed by atoms with Gasteiger partial charge in [0.15, 0.2) is 11.4 Å². The normalized spacial score (nSPS) is 10.2. The number of benzene rings is 7. The van der Waals surface area contributed by atoms with Crippen LogP contribution in [0.25, 0.3) is 9.69 Å². The van der Waals surface area contributed by atoms with Crippen molar-refractivity contribution in [3.05, 3.63) is 221 Å². The van der Waals surface area contributed by atoms with Crippen LogP contribution in [0.1, 0.15) is 90.1 Å². The molecule has 40 nitrogen and oxygen atoms in total. The zero-order chi connectivity index (χ0) is 94.5. The molecule has 47 heteroatoms. The summed E-state index contributed by atoms with van der Waals surface area (Å²) in [4.78, 5) is 104. The molecule has 18 N–H and O–H groups in total. The molecule has 0 saturated heterocycles. The molecule has 5 amide bonds. The average Bonchev–Trinajstić information content (AvgIpc) is 0.894. The number of nitrogens with zero attached hydrogens (tertiary/aromatic N) is 2. The van der Waals surface area contributed by atoms with Gasteiger partial charge in [-0.1, -0.05) is 84.9 Å². The van der Waals surface area contributed by atoms with Gasteiger partial charge in [-0.15, -0.1) is 0 Å². The van der Waals surface area contributed by atoms with E-state index in [1.165, 1.54) is 18.2 Å². The molecule has 674 valence electrons. The molecule has 0 saturated carbocycles. The van der Waals surface area contributed by atoms with Crippen LogP contribution in [-0.4, -0.2) is 166 Å². The molecule has 0 spiro atoms. The fourth-order valence-corrected chi connectivity index (χ4v) is 9.48. The Bertz CT molecular complexity index is 5350. The maximum Gasteiger partial charge on any atom is 1.00 e. The van der Waals surface area contributed by atoms with Crippen molar-refractivity contribution in [1.82, 2.24) is 18.9 Å². The largest absolute Gasteiger partial charge is 1.00 e. The number of carbonyl (C=O) groups is 9. The summed E-state index contributed by atoms with van der Waals surface area (Å²) in [5, 5.41) is 27.1. The first-order valence-electron chi connectivity index (χ1n) is 35.0. The Hall–Kier alpha value is -12.4. The maximum atomic E-state index is 11.6.